The molecule has 0 bridgehead atoms. The van der Waals surface area contributed by atoms with Crippen LogP contribution in [0.25, 0.3) is 0 Å². The molecule has 0 fully saturated rings. The quantitative estimate of drug-likeness (QED) is 0.317. The Morgan fingerprint density at radius 3 is 1.14 bits per heavy atom. The summed E-state index contributed by atoms with van der Waals surface area (Å²) in [6.45, 7) is 4.90. The zero-order valence-electron chi connectivity index (χ0n) is 6.91. The second-order valence-corrected chi connectivity index (χ2v) is 2.11. The van der Waals surface area contributed by atoms with Gasteiger partial charge >= 0.3 is 103 Å². The molecular weight excluding hydrogens is 142 g/mol. The van der Waals surface area contributed by atoms with Crippen molar-refractivity contribution in [1.82, 2.24) is 0 Å². The van der Waals surface area contributed by atoms with Crippen LogP contribution < -0.4 is 108 Å². The van der Waals surface area contributed by atoms with Crippen molar-refractivity contribution in [3.05, 3.63) is 0 Å². The molecule has 0 amide bonds. The number of hydrogen-bond acceptors (Lipinski definition) is 1. The fourth-order valence-electron chi connectivity index (χ4n) is 0. The molecular formula is C4H10K2O. The summed E-state index contributed by atoms with van der Waals surface area (Å²) in [5.74, 6) is 0. The van der Waals surface area contributed by atoms with Crippen molar-refractivity contribution in [3.8, 4) is 0 Å². The Labute approximate surface area is 132 Å². The fourth-order valence-corrected chi connectivity index (χ4v) is 0. The molecule has 0 rings (SSSR count). The molecule has 0 N–H and O–H groups in total. The van der Waals surface area contributed by atoms with E-state index >= 15 is 0 Å². The number of hydrogen-bond donors (Lipinski definition) is 0. The summed E-state index contributed by atoms with van der Waals surface area (Å²) < 4.78 is 0. The van der Waals surface area contributed by atoms with Gasteiger partial charge in [-0.2, -0.15) is 0 Å². The van der Waals surface area contributed by atoms with Gasteiger partial charge in [0.15, 0.2) is 0 Å². The van der Waals surface area contributed by atoms with Gasteiger partial charge < -0.3 is 6.53 Å². The van der Waals surface area contributed by atoms with Gasteiger partial charge in [-0.1, -0.05) is 20.8 Å². The molecule has 0 aliphatic carbocycles. The Hall–Kier alpha value is 3.23. The maximum atomic E-state index is 10.1. The predicted octanol–water partition coefficient (Wildman–Crippen LogP) is -5.73. The Morgan fingerprint density at radius 1 is 1.14 bits per heavy atom. The van der Waals surface area contributed by atoms with Gasteiger partial charge in [0, 0.05) is 0 Å². The first-order chi connectivity index (χ1) is 2.00. The Bertz CT molecular complexity index is 29.5. The molecule has 0 saturated carbocycles. The third kappa shape index (κ3) is 46.2. The molecule has 3 heteroatoms. The summed E-state index contributed by atoms with van der Waals surface area (Å²) in [6, 6.07) is 0. The summed E-state index contributed by atoms with van der Waals surface area (Å²) in [5, 5.41) is 10.1. The smallest absolute Gasteiger partial charge is 1.00 e. The van der Waals surface area contributed by atoms with Crippen molar-refractivity contribution in [3.63, 3.8) is 0 Å². The zero-order valence-corrected chi connectivity index (χ0v) is 12.2. The van der Waals surface area contributed by atoms with Crippen LogP contribution in [0.1, 0.15) is 22.2 Å². The SMILES string of the molecule is CC(C)(C)[O-].[H-].[K+].[K+]. The standard InChI is InChI=1S/C4H9O.2K.H/c1-4(2,3)5;;;/h1-3H3;;;/q-1;2*+1;-1. The second-order valence-electron chi connectivity index (χ2n) is 2.11. The van der Waals surface area contributed by atoms with E-state index in [1.165, 1.54) is 0 Å². The Morgan fingerprint density at radius 2 is 1.14 bits per heavy atom. The molecule has 0 aromatic carbocycles. The van der Waals surface area contributed by atoms with Crippen LogP contribution in [0.4, 0.5) is 0 Å². The van der Waals surface area contributed by atoms with Crippen molar-refractivity contribution >= 4 is 0 Å². The van der Waals surface area contributed by atoms with Crippen LogP contribution in [0.2, 0.25) is 0 Å². The van der Waals surface area contributed by atoms with Gasteiger partial charge in [0.2, 0.25) is 0 Å². The van der Waals surface area contributed by atoms with E-state index in [4.69, 9.17) is 0 Å². The summed E-state index contributed by atoms with van der Waals surface area (Å²) in [6.07, 6.45) is 0. The van der Waals surface area contributed by atoms with Gasteiger partial charge in [0.1, 0.15) is 0 Å². The monoisotopic (exact) mass is 152 g/mol. The van der Waals surface area contributed by atoms with Crippen LogP contribution >= 0.6 is 0 Å². The summed E-state index contributed by atoms with van der Waals surface area (Å²) in [7, 11) is 0. The van der Waals surface area contributed by atoms with Gasteiger partial charge in [-0.25, -0.2) is 0 Å². The van der Waals surface area contributed by atoms with Crippen molar-refractivity contribution in [1.29, 1.82) is 0 Å². The van der Waals surface area contributed by atoms with Crippen LogP contribution in [0.5, 0.6) is 0 Å². The van der Waals surface area contributed by atoms with Crippen LogP contribution in [-0.4, -0.2) is 5.60 Å². The van der Waals surface area contributed by atoms with E-state index in [-0.39, 0.29) is 104 Å². The van der Waals surface area contributed by atoms with Crippen molar-refractivity contribution in [2.45, 2.75) is 26.4 Å². The molecule has 0 radical (unpaired) electrons. The van der Waals surface area contributed by atoms with E-state index < -0.39 is 5.60 Å². The molecule has 0 heterocycles. The first kappa shape index (κ1) is 16.7. The van der Waals surface area contributed by atoms with Gasteiger partial charge in [-0.05, 0) is 0 Å². The van der Waals surface area contributed by atoms with Gasteiger partial charge in [0.25, 0.3) is 0 Å². The molecule has 0 atom stereocenters. The predicted molar refractivity (Wildman–Crippen MR) is 20.9 cm³/mol. The molecule has 0 aromatic heterocycles. The third-order valence-corrected chi connectivity index (χ3v) is 0. The molecule has 0 aliphatic rings. The molecule has 0 unspecified atom stereocenters. The first-order valence-corrected chi connectivity index (χ1v) is 1.70. The zero-order chi connectivity index (χ0) is 4.50. The van der Waals surface area contributed by atoms with Gasteiger partial charge in [-0.15, -0.1) is 5.60 Å². The molecule has 34 valence electrons. The van der Waals surface area contributed by atoms with Crippen molar-refractivity contribution in [2.24, 2.45) is 0 Å². The maximum absolute atomic E-state index is 10.1. The molecule has 0 spiro atoms. The van der Waals surface area contributed by atoms with E-state index in [0.717, 1.165) is 0 Å². The van der Waals surface area contributed by atoms with Crippen molar-refractivity contribution in [2.75, 3.05) is 0 Å². The van der Waals surface area contributed by atoms with E-state index in [0.29, 0.717) is 0 Å². The normalized spacial score (nSPS) is 8.57. The second kappa shape index (κ2) is 7.34. The topological polar surface area (TPSA) is 23.1 Å². The molecule has 1 nitrogen and oxygen atoms in total. The number of rotatable bonds is 0. The molecule has 0 saturated heterocycles. The van der Waals surface area contributed by atoms with Gasteiger partial charge in [0.05, 0.1) is 0 Å². The van der Waals surface area contributed by atoms with E-state index in [1.807, 2.05) is 0 Å². The molecule has 0 aromatic rings. The van der Waals surface area contributed by atoms with Gasteiger partial charge in [-0.3, -0.25) is 0 Å². The average Bonchev–Trinajstić information content (AvgIpc) is 0.722. The fraction of sp³-hybridized carbons (Fsp3) is 1.00. The van der Waals surface area contributed by atoms with E-state index in [2.05, 4.69) is 0 Å². The summed E-state index contributed by atoms with van der Waals surface area (Å²) in [5.41, 5.74) is -0.750. The van der Waals surface area contributed by atoms with Crippen LogP contribution in [-0.2, 0) is 0 Å². The Kier molecular flexibility index (Phi) is 17.5. The minimum Gasteiger partial charge on any atom is -1.00 e. The summed E-state index contributed by atoms with van der Waals surface area (Å²) >= 11 is 0. The van der Waals surface area contributed by atoms with Crippen LogP contribution in [0.15, 0.2) is 0 Å². The summed E-state index contributed by atoms with van der Waals surface area (Å²) in [4.78, 5) is 0. The van der Waals surface area contributed by atoms with E-state index in [1.54, 1.807) is 20.8 Å². The van der Waals surface area contributed by atoms with Crippen LogP contribution in [0.3, 0.4) is 0 Å². The molecule has 7 heavy (non-hydrogen) atoms. The minimum absolute atomic E-state index is 0. The Balaban J connectivity index is -0.0000000267. The first-order valence-electron chi connectivity index (χ1n) is 1.70. The van der Waals surface area contributed by atoms with Crippen LogP contribution in [0, 0.1) is 0 Å². The largest absolute Gasteiger partial charge is 1.00 e. The third-order valence-electron chi connectivity index (χ3n) is 0. The minimum atomic E-state index is -0.750. The average molecular weight is 152 g/mol. The maximum Gasteiger partial charge on any atom is 1.00 e. The van der Waals surface area contributed by atoms with Crippen molar-refractivity contribution < 1.29 is 109 Å². The van der Waals surface area contributed by atoms with E-state index in [9.17, 15) is 5.11 Å². The molecule has 0 aliphatic heterocycles.